The Kier molecular flexibility index (Phi) is 4.80. The minimum atomic E-state index is -0.671. The molecule has 0 bridgehead atoms. The fourth-order valence-corrected chi connectivity index (χ4v) is 3.08. The van der Waals surface area contributed by atoms with Crippen LogP contribution in [-0.2, 0) is 20.0 Å². The second-order valence-corrected chi connectivity index (χ2v) is 7.13. The number of rotatable bonds is 4. The molecule has 3 heterocycles. The average molecular weight is 360 g/mol. The Morgan fingerprint density at radius 3 is 2.77 bits per heavy atom. The SMILES string of the molecule is CC(C)CCc1nc2n(n1)CCN(C(=O)c1cn(C)c(=O)[nH]c1=O)[C@@H]2C. The number of hydrogen-bond donors (Lipinski definition) is 1. The normalized spacial score (nSPS) is 16.8. The Morgan fingerprint density at radius 2 is 2.08 bits per heavy atom. The van der Waals surface area contributed by atoms with Crippen LogP contribution in [0.25, 0.3) is 0 Å². The maximum atomic E-state index is 12.9. The maximum Gasteiger partial charge on any atom is 0.328 e. The molecule has 0 unspecified atom stereocenters. The van der Waals surface area contributed by atoms with Crippen molar-refractivity contribution < 1.29 is 4.79 Å². The number of H-pyrrole nitrogens is 1. The van der Waals surface area contributed by atoms with Gasteiger partial charge in [-0.15, -0.1) is 0 Å². The Labute approximate surface area is 150 Å². The van der Waals surface area contributed by atoms with E-state index in [9.17, 15) is 14.4 Å². The molecule has 0 aliphatic carbocycles. The molecule has 0 saturated carbocycles. The van der Waals surface area contributed by atoms with Gasteiger partial charge in [0.2, 0.25) is 0 Å². The Balaban J connectivity index is 1.86. The molecule has 0 aromatic carbocycles. The molecule has 2 aromatic heterocycles. The first-order valence-electron chi connectivity index (χ1n) is 8.82. The lowest BCUT2D eigenvalue weighted by atomic mass is 10.1. The Bertz CT molecular complexity index is 939. The number of aromatic nitrogens is 5. The first-order valence-corrected chi connectivity index (χ1v) is 8.82. The van der Waals surface area contributed by atoms with Crippen LogP contribution in [0.5, 0.6) is 0 Å². The first-order chi connectivity index (χ1) is 12.3. The van der Waals surface area contributed by atoms with Crippen molar-refractivity contribution in [2.45, 2.75) is 46.2 Å². The number of amides is 1. The first kappa shape index (κ1) is 18.1. The quantitative estimate of drug-likeness (QED) is 0.853. The van der Waals surface area contributed by atoms with Gasteiger partial charge in [0.1, 0.15) is 11.4 Å². The number of carbonyl (C=O) groups is 1. The largest absolute Gasteiger partial charge is 0.328 e. The van der Waals surface area contributed by atoms with E-state index in [4.69, 9.17) is 0 Å². The summed E-state index contributed by atoms with van der Waals surface area (Å²) in [6, 6.07) is -0.298. The molecule has 1 amide bonds. The van der Waals surface area contributed by atoms with Crippen LogP contribution < -0.4 is 11.2 Å². The zero-order valence-corrected chi connectivity index (χ0v) is 15.5. The van der Waals surface area contributed by atoms with E-state index in [0.717, 1.165) is 24.5 Å². The van der Waals surface area contributed by atoms with Gasteiger partial charge in [-0.25, -0.2) is 14.5 Å². The van der Waals surface area contributed by atoms with Crippen molar-refractivity contribution in [2.75, 3.05) is 6.54 Å². The summed E-state index contributed by atoms with van der Waals surface area (Å²) in [5.74, 6) is 1.68. The molecule has 0 spiro atoms. The molecule has 9 heteroatoms. The number of fused-ring (bicyclic) bond motifs is 1. The van der Waals surface area contributed by atoms with E-state index < -0.39 is 17.2 Å². The molecular formula is C17H24N6O3. The van der Waals surface area contributed by atoms with Gasteiger partial charge in [0.15, 0.2) is 5.82 Å². The van der Waals surface area contributed by atoms with E-state index in [1.165, 1.54) is 17.8 Å². The van der Waals surface area contributed by atoms with Gasteiger partial charge in [-0.3, -0.25) is 14.6 Å². The van der Waals surface area contributed by atoms with Gasteiger partial charge in [0, 0.05) is 26.2 Å². The molecule has 26 heavy (non-hydrogen) atoms. The predicted octanol–water partition coefficient (Wildman–Crippen LogP) is 0.471. The number of hydrogen-bond acceptors (Lipinski definition) is 5. The molecule has 1 aliphatic rings. The standard InChI is InChI=1S/C17H24N6O3/c1-10(2)5-6-13-18-14-11(3)22(7-8-23(14)20-13)16(25)12-9-21(4)17(26)19-15(12)24/h9-11H,5-8H2,1-4H3,(H,19,24,26)/t11-/m1/s1. The molecule has 3 rings (SSSR count). The number of aryl methyl sites for hydroxylation is 2. The van der Waals surface area contributed by atoms with Gasteiger partial charge in [-0.1, -0.05) is 13.8 Å². The lowest BCUT2D eigenvalue weighted by molar-refractivity contribution is 0.0627. The maximum absolute atomic E-state index is 12.9. The molecule has 0 radical (unpaired) electrons. The van der Waals surface area contributed by atoms with E-state index in [-0.39, 0.29) is 11.6 Å². The lowest BCUT2D eigenvalue weighted by Gasteiger charge is -2.32. The second kappa shape index (κ2) is 6.89. The van der Waals surface area contributed by atoms with Crippen molar-refractivity contribution in [3.63, 3.8) is 0 Å². The summed E-state index contributed by atoms with van der Waals surface area (Å²) in [4.78, 5) is 44.8. The van der Waals surface area contributed by atoms with Crippen LogP contribution >= 0.6 is 0 Å². The van der Waals surface area contributed by atoms with Crippen molar-refractivity contribution in [2.24, 2.45) is 13.0 Å². The summed E-state index contributed by atoms with van der Waals surface area (Å²) >= 11 is 0. The molecule has 2 aromatic rings. The smallest absolute Gasteiger partial charge is 0.327 e. The molecule has 1 atom stereocenters. The van der Waals surface area contributed by atoms with Crippen LogP contribution in [0.3, 0.4) is 0 Å². The number of aromatic amines is 1. The van der Waals surface area contributed by atoms with Gasteiger partial charge in [0.05, 0.1) is 12.6 Å². The summed E-state index contributed by atoms with van der Waals surface area (Å²) < 4.78 is 3.03. The van der Waals surface area contributed by atoms with E-state index in [1.54, 1.807) is 4.90 Å². The van der Waals surface area contributed by atoms with Crippen LogP contribution in [0.2, 0.25) is 0 Å². The zero-order valence-electron chi connectivity index (χ0n) is 15.5. The summed E-state index contributed by atoms with van der Waals surface area (Å²) in [5.41, 5.74) is -1.27. The predicted molar refractivity (Wildman–Crippen MR) is 94.9 cm³/mol. The minimum Gasteiger partial charge on any atom is -0.327 e. The van der Waals surface area contributed by atoms with E-state index >= 15 is 0 Å². The molecule has 0 saturated heterocycles. The highest BCUT2D eigenvalue weighted by Crippen LogP contribution is 2.24. The lowest BCUT2D eigenvalue weighted by Crippen LogP contribution is -2.44. The monoisotopic (exact) mass is 360 g/mol. The molecule has 1 N–H and O–H groups in total. The number of nitrogens with zero attached hydrogens (tertiary/aromatic N) is 5. The van der Waals surface area contributed by atoms with Crippen LogP contribution in [0.4, 0.5) is 0 Å². The molecule has 0 fully saturated rings. The van der Waals surface area contributed by atoms with Crippen molar-refractivity contribution in [3.05, 3.63) is 44.2 Å². The average Bonchev–Trinajstić information content (AvgIpc) is 3.00. The summed E-state index contributed by atoms with van der Waals surface area (Å²) in [6.07, 6.45) is 3.09. The molecular weight excluding hydrogens is 336 g/mol. The molecule has 9 nitrogen and oxygen atoms in total. The van der Waals surface area contributed by atoms with E-state index in [0.29, 0.717) is 19.0 Å². The third-order valence-electron chi connectivity index (χ3n) is 4.68. The third-order valence-corrected chi connectivity index (χ3v) is 4.68. The van der Waals surface area contributed by atoms with E-state index in [1.807, 2.05) is 11.6 Å². The van der Waals surface area contributed by atoms with Crippen LogP contribution in [0.1, 0.15) is 55.2 Å². The van der Waals surface area contributed by atoms with Crippen molar-refractivity contribution >= 4 is 5.91 Å². The van der Waals surface area contributed by atoms with Crippen LogP contribution in [0, 0.1) is 5.92 Å². The Hall–Kier alpha value is -2.71. The highest BCUT2D eigenvalue weighted by Gasteiger charge is 2.32. The molecule has 140 valence electrons. The molecule has 1 aliphatic heterocycles. The van der Waals surface area contributed by atoms with Crippen molar-refractivity contribution in [1.29, 1.82) is 0 Å². The highest BCUT2D eigenvalue weighted by molar-refractivity contribution is 5.93. The number of nitrogens with one attached hydrogen (secondary N) is 1. The van der Waals surface area contributed by atoms with Crippen LogP contribution in [-0.4, -0.2) is 41.7 Å². The fraction of sp³-hybridized carbons (Fsp3) is 0.588. The van der Waals surface area contributed by atoms with Gasteiger partial charge in [-0.05, 0) is 19.3 Å². The highest BCUT2D eigenvalue weighted by atomic mass is 16.2. The van der Waals surface area contributed by atoms with Gasteiger partial charge < -0.3 is 9.47 Å². The van der Waals surface area contributed by atoms with Crippen molar-refractivity contribution in [3.8, 4) is 0 Å². The second-order valence-electron chi connectivity index (χ2n) is 7.13. The van der Waals surface area contributed by atoms with Gasteiger partial charge in [0.25, 0.3) is 11.5 Å². The zero-order chi connectivity index (χ0) is 19.0. The Morgan fingerprint density at radius 1 is 1.35 bits per heavy atom. The van der Waals surface area contributed by atoms with Gasteiger partial charge >= 0.3 is 5.69 Å². The summed E-state index contributed by atoms with van der Waals surface area (Å²) in [7, 11) is 1.49. The minimum absolute atomic E-state index is 0.0491. The third kappa shape index (κ3) is 3.33. The number of carbonyl (C=O) groups excluding carboxylic acids is 1. The van der Waals surface area contributed by atoms with Crippen LogP contribution in [0.15, 0.2) is 15.8 Å². The summed E-state index contributed by atoms with van der Waals surface area (Å²) in [5, 5.41) is 4.54. The van der Waals surface area contributed by atoms with E-state index in [2.05, 4.69) is 28.9 Å². The summed E-state index contributed by atoms with van der Waals surface area (Å²) in [6.45, 7) is 7.15. The topological polar surface area (TPSA) is 106 Å². The fourth-order valence-electron chi connectivity index (χ4n) is 3.08. The van der Waals surface area contributed by atoms with Crippen molar-refractivity contribution in [1.82, 2.24) is 29.2 Å². The van der Waals surface area contributed by atoms with Gasteiger partial charge in [-0.2, -0.15) is 5.10 Å².